The molecule has 0 aromatic heterocycles. The van der Waals surface area contributed by atoms with Crippen LogP contribution in [-0.2, 0) is 4.74 Å². The summed E-state index contributed by atoms with van der Waals surface area (Å²) < 4.78 is 5.83. The van der Waals surface area contributed by atoms with Crippen molar-refractivity contribution < 1.29 is 4.74 Å². The van der Waals surface area contributed by atoms with Gasteiger partial charge in [-0.2, -0.15) is 0 Å². The standard InChI is InChI=1S/C16H25NO/c1-5-16(4)14(11-15(16)18-6-2)17-13-9-7-12(3)8-10-13/h7-10,14-15,17H,5-6,11H2,1-4H3. The summed E-state index contributed by atoms with van der Waals surface area (Å²) in [5.41, 5.74) is 2.79. The Kier molecular flexibility index (Phi) is 3.96. The summed E-state index contributed by atoms with van der Waals surface area (Å²) in [5, 5.41) is 3.66. The minimum Gasteiger partial charge on any atom is -0.382 e. The van der Waals surface area contributed by atoms with Crippen LogP contribution in [0.1, 0.15) is 39.2 Å². The van der Waals surface area contributed by atoms with Crippen LogP contribution in [0.3, 0.4) is 0 Å². The predicted molar refractivity (Wildman–Crippen MR) is 77.0 cm³/mol. The molecule has 1 aliphatic rings. The second kappa shape index (κ2) is 5.31. The highest BCUT2D eigenvalue weighted by atomic mass is 16.5. The Morgan fingerprint density at radius 3 is 2.50 bits per heavy atom. The van der Waals surface area contributed by atoms with E-state index in [1.54, 1.807) is 0 Å². The lowest BCUT2D eigenvalue weighted by Crippen LogP contribution is -2.59. The van der Waals surface area contributed by atoms with Gasteiger partial charge in [-0.25, -0.2) is 0 Å². The Balaban J connectivity index is 2.00. The van der Waals surface area contributed by atoms with Crippen LogP contribution < -0.4 is 5.32 Å². The lowest BCUT2D eigenvalue weighted by molar-refractivity contribution is -0.109. The van der Waals surface area contributed by atoms with E-state index in [2.05, 4.69) is 57.3 Å². The molecule has 3 atom stereocenters. The molecular weight excluding hydrogens is 222 g/mol. The number of benzene rings is 1. The Labute approximate surface area is 111 Å². The van der Waals surface area contributed by atoms with E-state index >= 15 is 0 Å². The van der Waals surface area contributed by atoms with Gasteiger partial charge in [0.15, 0.2) is 0 Å². The van der Waals surface area contributed by atoms with Gasteiger partial charge in [-0.1, -0.05) is 31.5 Å². The summed E-state index contributed by atoms with van der Waals surface area (Å²) in [5.74, 6) is 0. The molecule has 0 spiro atoms. The van der Waals surface area contributed by atoms with E-state index in [0.29, 0.717) is 12.1 Å². The Morgan fingerprint density at radius 1 is 1.28 bits per heavy atom. The number of rotatable bonds is 5. The summed E-state index contributed by atoms with van der Waals surface area (Å²) >= 11 is 0. The summed E-state index contributed by atoms with van der Waals surface area (Å²) in [7, 11) is 0. The fraction of sp³-hybridized carbons (Fsp3) is 0.625. The molecule has 0 bridgehead atoms. The average Bonchev–Trinajstić information content (AvgIpc) is 2.39. The molecule has 2 nitrogen and oxygen atoms in total. The molecule has 0 aliphatic heterocycles. The average molecular weight is 247 g/mol. The summed E-state index contributed by atoms with van der Waals surface area (Å²) in [6.07, 6.45) is 2.68. The number of hydrogen-bond donors (Lipinski definition) is 1. The Hall–Kier alpha value is -1.02. The molecule has 1 N–H and O–H groups in total. The van der Waals surface area contributed by atoms with E-state index in [0.717, 1.165) is 19.4 Å². The van der Waals surface area contributed by atoms with Gasteiger partial charge in [0.1, 0.15) is 0 Å². The van der Waals surface area contributed by atoms with Crippen LogP contribution in [0.4, 0.5) is 5.69 Å². The fourth-order valence-electron chi connectivity index (χ4n) is 2.82. The molecule has 1 fully saturated rings. The minimum absolute atomic E-state index is 0.265. The van der Waals surface area contributed by atoms with Gasteiger partial charge in [0.05, 0.1) is 6.10 Å². The van der Waals surface area contributed by atoms with E-state index in [-0.39, 0.29) is 5.41 Å². The molecule has 1 aliphatic carbocycles. The molecule has 1 aromatic rings. The van der Waals surface area contributed by atoms with Crippen molar-refractivity contribution in [2.45, 2.75) is 52.7 Å². The molecule has 1 saturated carbocycles. The molecule has 0 saturated heterocycles. The van der Waals surface area contributed by atoms with Gasteiger partial charge in [-0.05, 0) is 38.8 Å². The zero-order valence-corrected chi connectivity index (χ0v) is 12.0. The lowest BCUT2D eigenvalue weighted by atomic mass is 9.61. The largest absolute Gasteiger partial charge is 0.382 e. The maximum atomic E-state index is 5.83. The molecule has 1 aromatic carbocycles. The third-order valence-electron chi connectivity index (χ3n) is 4.50. The highest BCUT2D eigenvalue weighted by Crippen LogP contribution is 2.47. The number of aryl methyl sites for hydroxylation is 1. The van der Waals surface area contributed by atoms with E-state index in [9.17, 15) is 0 Å². The molecule has 100 valence electrons. The third-order valence-corrected chi connectivity index (χ3v) is 4.50. The van der Waals surface area contributed by atoms with Gasteiger partial charge in [0.2, 0.25) is 0 Å². The van der Waals surface area contributed by atoms with E-state index in [1.165, 1.54) is 11.3 Å². The van der Waals surface area contributed by atoms with Crippen molar-refractivity contribution in [3.05, 3.63) is 29.8 Å². The Morgan fingerprint density at radius 2 is 1.94 bits per heavy atom. The van der Waals surface area contributed by atoms with Crippen molar-refractivity contribution in [3.8, 4) is 0 Å². The summed E-state index contributed by atoms with van der Waals surface area (Å²) in [4.78, 5) is 0. The van der Waals surface area contributed by atoms with Crippen LogP contribution in [-0.4, -0.2) is 18.8 Å². The highest BCUT2D eigenvalue weighted by molar-refractivity contribution is 5.46. The quantitative estimate of drug-likeness (QED) is 0.849. The van der Waals surface area contributed by atoms with Gasteiger partial charge in [-0.15, -0.1) is 0 Å². The maximum absolute atomic E-state index is 5.83. The van der Waals surface area contributed by atoms with E-state index in [4.69, 9.17) is 4.74 Å². The van der Waals surface area contributed by atoms with Crippen LogP contribution in [0.5, 0.6) is 0 Å². The second-order valence-electron chi connectivity index (χ2n) is 5.60. The molecule has 2 heteroatoms. The van der Waals surface area contributed by atoms with Gasteiger partial charge in [0, 0.05) is 23.8 Å². The number of nitrogens with one attached hydrogen (secondary N) is 1. The first-order valence-corrected chi connectivity index (χ1v) is 7.05. The predicted octanol–water partition coefficient (Wildman–Crippen LogP) is 4.00. The van der Waals surface area contributed by atoms with Crippen molar-refractivity contribution in [1.29, 1.82) is 0 Å². The lowest BCUT2D eigenvalue weighted by Gasteiger charge is -2.54. The van der Waals surface area contributed by atoms with Gasteiger partial charge >= 0.3 is 0 Å². The van der Waals surface area contributed by atoms with Crippen molar-refractivity contribution in [1.82, 2.24) is 0 Å². The Bertz CT molecular complexity index is 387. The molecule has 0 amide bonds. The second-order valence-corrected chi connectivity index (χ2v) is 5.60. The topological polar surface area (TPSA) is 21.3 Å². The SMILES string of the molecule is CCOC1CC(Nc2ccc(C)cc2)C1(C)CC. The number of ether oxygens (including phenoxy) is 1. The molecule has 0 radical (unpaired) electrons. The summed E-state index contributed by atoms with van der Waals surface area (Å²) in [6, 6.07) is 9.18. The van der Waals surface area contributed by atoms with E-state index in [1.807, 2.05) is 0 Å². The highest BCUT2D eigenvalue weighted by Gasteiger charge is 2.51. The van der Waals surface area contributed by atoms with Crippen molar-refractivity contribution in [2.24, 2.45) is 5.41 Å². The van der Waals surface area contributed by atoms with Gasteiger partial charge in [-0.3, -0.25) is 0 Å². The molecule has 0 heterocycles. The zero-order chi connectivity index (χ0) is 13.2. The molecule has 3 unspecified atom stereocenters. The molecule has 18 heavy (non-hydrogen) atoms. The first-order chi connectivity index (χ1) is 8.60. The molecular formula is C16H25NO. The summed E-state index contributed by atoms with van der Waals surface area (Å²) in [6.45, 7) is 9.61. The van der Waals surface area contributed by atoms with Crippen LogP contribution in [0.25, 0.3) is 0 Å². The monoisotopic (exact) mass is 247 g/mol. The zero-order valence-electron chi connectivity index (χ0n) is 12.0. The van der Waals surface area contributed by atoms with Gasteiger partial charge < -0.3 is 10.1 Å². The van der Waals surface area contributed by atoms with Crippen molar-refractivity contribution >= 4 is 5.69 Å². The van der Waals surface area contributed by atoms with Crippen LogP contribution in [0, 0.1) is 12.3 Å². The van der Waals surface area contributed by atoms with Crippen LogP contribution in [0.15, 0.2) is 24.3 Å². The van der Waals surface area contributed by atoms with Crippen molar-refractivity contribution in [2.75, 3.05) is 11.9 Å². The fourth-order valence-corrected chi connectivity index (χ4v) is 2.82. The van der Waals surface area contributed by atoms with Gasteiger partial charge in [0.25, 0.3) is 0 Å². The maximum Gasteiger partial charge on any atom is 0.0667 e. The van der Waals surface area contributed by atoms with Crippen LogP contribution >= 0.6 is 0 Å². The first-order valence-electron chi connectivity index (χ1n) is 7.05. The minimum atomic E-state index is 0.265. The third kappa shape index (κ3) is 2.39. The van der Waals surface area contributed by atoms with Crippen LogP contribution in [0.2, 0.25) is 0 Å². The van der Waals surface area contributed by atoms with E-state index < -0.39 is 0 Å². The first kappa shape index (κ1) is 13.4. The number of anilines is 1. The molecule has 2 rings (SSSR count). The normalized spacial score (nSPS) is 30.9. The smallest absolute Gasteiger partial charge is 0.0667 e. The number of hydrogen-bond acceptors (Lipinski definition) is 2. The van der Waals surface area contributed by atoms with Crippen molar-refractivity contribution in [3.63, 3.8) is 0 Å².